The number of hydrogen-bond donors (Lipinski definition) is 1. The molecule has 5 nitrogen and oxygen atoms in total. The molecular formula is C14H24N2O3. The van der Waals surface area contributed by atoms with Crippen molar-refractivity contribution in [1.82, 2.24) is 10.2 Å². The first kappa shape index (κ1) is 14.3. The average Bonchev–Trinajstić information content (AvgIpc) is 2.78. The Morgan fingerprint density at radius 2 is 2.16 bits per heavy atom. The first-order valence-electron chi connectivity index (χ1n) is 7.14. The summed E-state index contributed by atoms with van der Waals surface area (Å²) in [6, 6.07) is -0.0457. The summed E-state index contributed by atoms with van der Waals surface area (Å²) in [5.74, 6) is -0.0469. The number of nitrogens with one attached hydrogen (secondary N) is 1. The molecule has 0 aromatic heterocycles. The summed E-state index contributed by atoms with van der Waals surface area (Å²) in [5.41, 5.74) is -0.807. The number of rotatable bonds is 3. The summed E-state index contributed by atoms with van der Waals surface area (Å²) in [5, 5.41) is 2.79. The van der Waals surface area contributed by atoms with Crippen LogP contribution in [0.4, 0.5) is 0 Å². The molecule has 2 amide bonds. The van der Waals surface area contributed by atoms with E-state index in [2.05, 4.69) is 5.32 Å². The molecule has 0 saturated carbocycles. The predicted molar refractivity (Wildman–Crippen MR) is 71.6 cm³/mol. The van der Waals surface area contributed by atoms with E-state index in [0.717, 1.165) is 25.9 Å². The third-order valence-electron chi connectivity index (χ3n) is 3.98. The molecule has 2 fully saturated rings. The van der Waals surface area contributed by atoms with E-state index in [1.165, 1.54) is 0 Å². The molecule has 0 aliphatic carbocycles. The summed E-state index contributed by atoms with van der Waals surface area (Å²) in [6.07, 6.45) is 3.70. The lowest BCUT2D eigenvalue weighted by Gasteiger charge is -2.32. The van der Waals surface area contributed by atoms with Crippen LogP contribution in [0.2, 0.25) is 0 Å². The lowest BCUT2D eigenvalue weighted by molar-refractivity contribution is -0.139. The van der Waals surface area contributed by atoms with Crippen molar-refractivity contribution in [2.45, 2.75) is 64.1 Å². The number of carbonyl (C=O) groups is 2. The van der Waals surface area contributed by atoms with E-state index in [9.17, 15) is 9.59 Å². The normalized spacial score (nSPS) is 31.2. The minimum Gasteiger partial charge on any atom is -0.378 e. The SMILES string of the molecule is CC1CC(=O)NC(C)(C)C(=O)N1CCC1CCCO1. The van der Waals surface area contributed by atoms with E-state index in [0.29, 0.717) is 13.0 Å². The maximum Gasteiger partial charge on any atom is 0.247 e. The zero-order valence-corrected chi connectivity index (χ0v) is 12.1. The van der Waals surface area contributed by atoms with Crippen LogP contribution < -0.4 is 5.32 Å². The van der Waals surface area contributed by atoms with Crippen molar-refractivity contribution < 1.29 is 14.3 Å². The van der Waals surface area contributed by atoms with Crippen LogP contribution in [0.5, 0.6) is 0 Å². The Morgan fingerprint density at radius 3 is 2.79 bits per heavy atom. The highest BCUT2D eigenvalue weighted by molar-refractivity contribution is 5.93. The first-order chi connectivity index (χ1) is 8.90. The number of ether oxygens (including phenoxy) is 1. The zero-order chi connectivity index (χ0) is 14.0. The van der Waals surface area contributed by atoms with Crippen LogP contribution in [0.25, 0.3) is 0 Å². The van der Waals surface area contributed by atoms with Crippen molar-refractivity contribution in [2.75, 3.05) is 13.2 Å². The Morgan fingerprint density at radius 1 is 1.42 bits per heavy atom. The molecule has 2 atom stereocenters. The Balaban J connectivity index is 2.02. The molecular weight excluding hydrogens is 244 g/mol. The van der Waals surface area contributed by atoms with Crippen LogP contribution in [0.1, 0.15) is 46.5 Å². The molecule has 0 aromatic rings. The smallest absolute Gasteiger partial charge is 0.247 e. The van der Waals surface area contributed by atoms with Crippen LogP contribution in [-0.4, -0.2) is 47.6 Å². The zero-order valence-electron chi connectivity index (χ0n) is 12.1. The summed E-state index contributed by atoms with van der Waals surface area (Å²) < 4.78 is 5.60. The molecule has 19 heavy (non-hydrogen) atoms. The van der Waals surface area contributed by atoms with Gasteiger partial charge in [-0.15, -0.1) is 0 Å². The molecule has 2 aliphatic heterocycles. The average molecular weight is 268 g/mol. The maximum atomic E-state index is 12.5. The Kier molecular flexibility index (Phi) is 4.13. The molecule has 2 rings (SSSR count). The third kappa shape index (κ3) is 3.26. The molecule has 1 N–H and O–H groups in total. The summed E-state index contributed by atoms with van der Waals surface area (Å²) in [6.45, 7) is 6.98. The van der Waals surface area contributed by atoms with Crippen molar-refractivity contribution >= 4 is 11.8 Å². The fourth-order valence-corrected chi connectivity index (χ4v) is 2.87. The molecule has 0 bridgehead atoms. The quantitative estimate of drug-likeness (QED) is 0.833. The van der Waals surface area contributed by atoms with Crippen molar-refractivity contribution in [1.29, 1.82) is 0 Å². The lowest BCUT2D eigenvalue weighted by Crippen LogP contribution is -2.54. The predicted octanol–water partition coefficient (Wildman–Crippen LogP) is 1.07. The molecule has 2 heterocycles. The monoisotopic (exact) mass is 268 g/mol. The summed E-state index contributed by atoms with van der Waals surface area (Å²) >= 11 is 0. The van der Waals surface area contributed by atoms with Gasteiger partial charge in [-0.2, -0.15) is 0 Å². The van der Waals surface area contributed by atoms with Gasteiger partial charge in [0.15, 0.2) is 0 Å². The van der Waals surface area contributed by atoms with Crippen molar-refractivity contribution in [2.24, 2.45) is 0 Å². The van der Waals surface area contributed by atoms with Gasteiger partial charge >= 0.3 is 0 Å². The number of carbonyl (C=O) groups excluding carboxylic acids is 2. The Labute approximate surface area is 114 Å². The van der Waals surface area contributed by atoms with Gasteiger partial charge in [0.1, 0.15) is 5.54 Å². The minimum absolute atomic E-state index is 0.00356. The molecule has 2 saturated heterocycles. The lowest BCUT2D eigenvalue weighted by atomic mass is 10.0. The standard InChI is InChI=1S/C14H24N2O3/c1-10-9-12(17)15-14(2,3)13(18)16(10)7-6-11-5-4-8-19-11/h10-11H,4-9H2,1-3H3,(H,15,17). The second kappa shape index (κ2) is 5.49. The second-order valence-corrected chi connectivity index (χ2v) is 6.15. The molecule has 2 unspecified atom stereocenters. The van der Waals surface area contributed by atoms with Gasteiger partial charge < -0.3 is 15.0 Å². The highest BCUT2D eigenvalue weighted by Crippen LogP contribution is 2.21. The minimum atomic E-state index is -0.807. The van der Waals surface area contributed by atoms with Gasteiger partial charge in [0, 0.05) is 25.6 Å². The van der Waals surface area contributed by atoms with Crippen LogP contribution in [0, 0.1) is 0 Å². The topological polar surface area (TPSA) is 58.6 Å². The summed E-state index contributed by atoms with van der Waals surface area (Å²) in [7, 11) is 0. The van der Waals surface area contributed by atoms with Crippen LogP contribution in [0.3, 0.4) is 0 Å². The van der Waals surface area contributed by atoms with Crippen LogP contribution in [0.15, 0.2) is 0 Å². The number of amides is 2. The van der Waals surface area contributed by atoms with Crippen LogP contribution >= 0.6 is 0 Å². The van der Waals surface area contributed by atoms with Crippen molar-refractivity contribution in [3.63, 3.8) is 0 Å². The van der Waals surface area contributed by atoms with E-state index in [1.807, 2.05) is 11.8 Å². The third-order valence-corrected chi connectivity index (χ3v) is 3.98. The number of hydrogen-bond acceptors (Lipinski definition) is 3. The van der Waals surface area contributed by atoms with E-state index >= 15 is 0 Å². The van der Waals surface area contributed by atoms with Gasteiger partial charge in [0.25, 0.3) is 0 Å². The van der Waals surface area contributed by atoms with Gasteiger partial charge in [-0.1, -0.05) is 0 Å². The molecule has 0 spiro atoms. The van der Waals surface area contributed by atoms with E-state index in [1.54, 1.807) is 13.8 Å². The molecule has 2 aliphatic rings. The van der Waals surface area contributed by atoms with Crippen LogP contribution in [-0.2, 0) is 14.3 Å². The van der Waals surface area contributed by atoms with Crippen molar-refractivity contribution in [3.8, 4) is 0 Å². The van der Waals surface area contributed by atoms with E-state index in [-0.39, 0.29) is 24.0 Å². The number of nitrogens with zero attached hydrogens (tertiary/aromatic N) is 1. The molecule has 108 valence electrons. The maximum absolute atomic E-state index is 12.5. The highest BCUT2D eigenvalue weighted by atomic mass is 16.5. The fourth-order valence-electron chi connectivity index (χ4n) is 2.87. The van der Waals surface area contributed by atoms with Gasteiger partial charge in [0.2, 0.25) is 11.8 Å². The fraction of sp³-hybridized carbons (Fsp3) is 0.857. The molecule has 0 aromatic carbocycles. The van der Waals surface area contributed by atoms with Gasteiger partial charge in [-0.25, -0.2) is 0 Å². The largest absolute Gasteiger partial charge is 0.378 e. The molecule has 0 radical (unpaired) electrons. The summed E-state index contributed by atoms with van der Waals surface area (Å²) in [4.78, 5) is 26.1. The molecule has 5 heteroatoms. The van der Waals surface area contributed by atoms with Gasteiger partial charge in [0.05, 0.1) is 6.10 Å². The Bertz CT molecular complexity index is 362. The second-order valence-electron chi connectivity index (χ2n) is 6.15. The van der Waals surface area contributed by atoms with Crippen molar-refractivity contribution in [3.05, 3.63) is 0 Å². The first-order valence-corrected chi connectivity index (χ1v) is 7.14. The van der Waals surface area contributed by atoms with Gasteiger partial charge in [-0.05, 0) is 40.0 Å². The van der Waals surface area contributed by atoms with E-state index in [4.69, 9.17) is 4.74 Å². The van der Waals surface area contributed by atoms with Gasteiger partial charge in [-0.3, -0.25) is 9.59 Å². The highest BCUT2D eigenvalue weighted by Gasteiger charge is 2.39. The van der Waals surface area contributed by atoms with E-state index < -0.39 is 5.54 Å². The Hall–Kier alpha value is -1.10.